The van der Waals surface area contributed by atoms with E-state index in [2.05, 4.69) is 46.4 Å². The molecule has 0 amide bonds. The number of hydrogen-bond acceptors (Lipinski definition) is 6. The molecule has 1 aromatic carbocycles. The fraction of sp³-hybridized carbons (Fsp3) is 0.211. The van der Waals surface area contributed by atoms with Gasteiger partial charge in [0.15, 0.2) is 0 Å². The number of anilines is 3. The van der Waals surface area contributed by atoms with Gasteiger partial charge in [-0.25, -0.2) is 9.37 Å². The van der Waals surface area contributed by atoms with Crippen molar-refractivity contribution in [3.63, 3.8) is 0 Å². The highest BCUT2D eigenvalue weighted by atomic mass is 79.9. The minimum atomic E-state index is -0.368. The molecular weight excluding hydrogens is 411 g/mol. The van der Waals surface area contributed by atoms with Gasteiger partial charge in [0.25, 0.3) is 0 Å². The topological polar surface area (TPSA) is 66.0 Å². The second kappa shape index (κ2) is 8.88. The van der Waals surface area contributed by atoms with E-state index in [1.807, 2.05) is 26.2 Å². The van der Waals surface area contributed by atoms with Crippen LogP contribution in [0.25, 0.3) is 11.3 Å². The Morgan fingerprint density at radius 3 is 2.70 bits per heavy atom. The fourth-order valence-corrected chi connectivity index (χ4v) is 2.71. The van der Waals surface area contributed by atoms with E-state index in [1.54, 1.807) is 30.6 Å². The van der Waals surface area contributed by atoms with Crippen LogP contribution >= 0.6 is 15.9 Å². The summed E-state index contributed by atoms with van der Waals surface area (Å²) in [6, 6.07) is 10.4. The molecule has 0 radical (unpaired) electrons. The number of aromatic nitrogens is 3. The molecule has 140 valence electrons. The number of halogens is 2. The third-order valence-electron chi connectivity index (χ3n) is 3.72. The van der Waals surface area contributed by atoms with Crippen LogP contribution < -0.4 is 10.6 Å². The van der Waals surface area contributed by atoms with Crippen LogP contribution in [0.1, 0.15) is 0 Å². The average Bonchev–Trinajstić information content (AvgIpc) is 2.64. The SMILES string of the molecule is CN(C)CCNc1nc(Nc2ccc(Br)cc2F)cc(-c2cccnc2)n1. The van der Waals surface area contributed by atoms with Crippen LogP contribution in [0, 0.1) is 5.82 Å². The van der Waals surface area contributed by atoms with Crippen molar-refractivity contribution in [1.29, 1.82) is 0 Å². The number of benzene rings is 1. The maximum atomic E-state index is 14.2. The Bertz CT molecular complexity index is 904. The summed E-state index contributed by atoms with van der Waals surface area (Å²) in [5.74, 6) is 0.601. The molecule has 6 nitrogen and oxygen atoms in total. The maximum absolute atomic E-state index is 14.2. The highest BCUT2D eigenvalue weighted by molar-refractivity contribution is 9.10. The number of hydrogen-bond donors (Lipinski definition) is 2. The molecule has 3 rings (SSSR count). The van der Waals surface area contributed by atoms with Crippen LogP contribution in [-0.4, -0.2) is 47.0 Å². The highest BCUT2D eigenvalue weighted by Gasteiger charge is 2.10. The monoisotopic (exact) mass is 430 g/mol. The lowest BCUT2D eigenvalue weighted by Gasteiger charge is -2.13. The van der Waals surface area contributed by atoms with Crippen molar-refractivity contribution in [3.8, 4) is 11.3 Å². The summed E-state index contributed by atoms with van der Waals surface area (Å²) in [6.45, 7) is 1.53. The molecule has 0 saturated carbocycles. The molecule has 0 aliphatic rings. The smallest absolute Gasteiger partial charge is 0.225 e. The van der Waals surface area contributed by atoms with Gasteiger partial charge in [0.1, 0.15) is 11.6 Å². The predicted octanol–water partition coefficient (Wildman–Crippen LogP) is 4.16. The molecule has 27 heavy (non-hydrogen) atoms. The molecule has 8 heteroatoms. The Morgan fingerprint density at radius 2 is 2.00 bits per heavy atom. The summed E-state index contributed by atoms with van der Waals surface area (Å²) in [4.78, 5) is 15.2. The van der Waals surface area contributed by atoms with Gasteiger partial charge >= 0.3 is 0 Å². The average molecular weight is 431 g/mol. The Morgan fingerprint density at radius 1 is 1.15 bits per heavy atom. The third-order valence-corrected chi connectivity index (χ3v) is 4.21. The standard InChI is InChI=1S/C19H20BrFN6/c1-27(2)9-8-23-19-25-17(13-4-3-7-22-12-13)11-18(26-19)24-16-6-5-14(20)10-15(16)21/h3-7,10-12H,8-9H2,1-2H3,(H2,23,24,25,26). The highest BCUT2D eigenvalue weighted by Crippen LogP contribution is 2.26. The second-order valence-corrected chi connectivity index (χ2v) is 7.10. The van der Waals surface area contributed by atoms with E-state index in [0.29, 0.717) is 34.2 Å². The van der Waals surface area contributed by atoms with Crippen LogP contribution in [0.15, 0.2) is 53.3 Å². The van der Waals surface area contributed by atoms with E-state index in [4.69, 9.17) is 0 Å². The Kier molecular flexibility index (Phi) is 6.31. The molecule has 2 aromatic heterocycles. The first-order chi connectivity index (χ1) is 13.0. The quantitative estimate of drug-likeness (QED) is 0.586. The first-order valence-corrected chi connectivity index (χ1v) is 9.21. The lowest BCUT2D eigenvalue weighted by Crippen LogP contribution is -2.21. The van der Waals surface area contributed by atoms with Crippen molar-refractivity contribution < 1.29 is 4.39 Å². The normalized spacial score (nSPS) is 10.9. The second-order valence-electron chi connectivity index (χ2n) is 6.18. The summed E-state index contributed by atoms with van der Waals surface area (Å²) >= 11 is 3.26. The van der Waals surface area contributed by atoms with Crippen LogP contribution in [-0.2, 0) is 0 Å². The van der Waals surface area contributed by atoms with Crippen molar-refractivity contribution in [2.45, 2.75) is 0 Å². The van der Waals surface area contributed by atoms with Crippen LogP contribution in [0.5, 0.6) is 0 Å². The van der Waals surface area contributed by atoms with Crippen molar-refractivity contribution in [2.24, 2.45) is 0 Å². The molecule has 0 atom stereocenters. The largest absolute Gasteiger partial charge is 0.353 e. The van der Waals surface area contributed by atoms with Gasteiger partial charge in [-0.1, -0.05) is 15.9 Å². The molecule has 0 bridgehead atoms. The van der Waals surface area contributed by atoms with Gasteiger partial charge in [0.05, 0.1) is 11.4 Å². The molecular formula is C19H20BrFN6. The Labute approximate surface area is 166 Å². The minimum Gasteiger partial charge on any atom is -0.353 e. The van der Waals surface area contributed by atoms with E-state index >= 15 is 0 Å². The molecule has 0 fully saturated rings. The summed E-state index contributed by atoms with van der Waals surface area (Å²) in [7, 11) is 4.00. The zero-order valence-electron chi connectivity index (χ0n) is 15.1. The molecule has 2 heterocycles. The minimum absolute atomic E-state index is 0.341. The molecule has 0 aliphatic carbocycles. The number of nitrogens with one attached hydrogen (secondary N) is 2. The summed E-state index contributed by atoms with van der Waals surface area (Å²) in [5.41, 5.74) is 1.90. The first kappa shape index (κ1) is 19.2. The summed E-state index contributed by atoms with van der Waals surface area (Å²) in [5, 5.41) is 6.24. The fourth-order valence-electron chi connectivity index (χ4n) is 2.37. The van der Waals surface area contributed by atoms with Gasteiger partial charge in [0.2, 0.25) is 5.95 Å². The molecule has 0 spiro atoms. The first-order valence-electron chi connectivity index (χ1n) is 8.41. The summed E-state index contributed by atoms with van der Waals surface area (Å²) in [6.07, 6.45) is 3.44. The van der Waals surface area contributed by atoms with Crippen molar-refractivity contribution in [1.82, 2.24) is 19.9 Å². The van der Waals surface area contributed by atoms with Crippen molar-refractivity contribution in [2.75, 3.05) is 37.8 Å². The van der Waals surface area contributed by atoms with E-state index in [-0.39, 0.29) is 5.82 Å². The molecule has 0 saturated heterocycles. The Balaban J connectivity index is 1.91. The summed E-state index contributed by atoms with van der Waals surface area (Å²) < 4.78 is 14.9. The maximum Gasteiger partial charge on any atom is 0.225 e. The zero-order valence-corrected chi connectivity index (χ0v) is 16.7. The lowest BCUT2D eigenvalue weighted by atomic mass is 10.2. The van der Waals surface area contributed by atoms with Crippen LogP contribution in [0.4, 0.5) is 21.8 Å². The molecule has 3 aromatic rings. The van der Waals surface area contributed by atoms with Crippen molar-refractivity contribution >= 4 is 33.4 Å². The number of nitrogens with zero attached hydrogens (tertiary/aromatic N) is 4. The van der Waals surface area contributed by atoms with Gasteiger partial charge in [-0.15, -0.1) is 0 Å². The van der Waals surface area contributed by atoms with Gasteiger partial charge < -0.3 is 15.5 Å². The van der Waals surface area contributed by atoms with Gasteiger partial charge in [0, 0.05) is 41.6 Å². The van der Waals surface area contributed by atoms with Crippen molar-refractivity contribution in [3.05, 3.63) is 59.1 Å². The number of rotatable bonds is 7. The van der Waals surface area contributed by atoms with Gasteiger partial charge in [-0.3, -0.25) is 4.98 Å². The van der Waals surface area contributed by atoms with E-state index in [9.17, 15) is 4.39 Å². The number of likely N-dealkylation sites (N-methyl/N-ethyl adjacent to an activating group) is 1. The van der Waals surface area contributed by atoms with Crippen LogP contribution in [0.3, 0.4) is 0 Å². The molecule has 2 N–H and O–H groups in total. The van der Waals surface area contributed by atoms with Gasteiger partial charge in [-0.2, -0.15) is 4.98 Å². The van der Waals surface area contributed by atoms with Gasteiger partial charge in [-0.05, 0) is 44.4 Å². The molecule has 0 aliphatic heterocycles. The van der Waals surface area contributed by atoms with E-state index in [1.165, 1.54) is 6.07 Å². The Hall–Kier alpha value is -2.58. The van der Waals surface area contributed by atoms with E-state index < -0.39 is 0 Å². The predicted molar refractivity (Wildman–Crippen MR) is 110 cm³/mol. The third kappa shape index (κ3) is 5.45. The van der Waals surface area contributed by atoms with Crippen LogP contribution in [0.2, 0.25) is 0 Å². The van der Waals surface area contributed by atoms with E-state index in [0.717, 1.165) is 12.1 Å². The lowest BCUT2D eigenvalue weighted by molar-refractivity contribution is 0.425. The number of pyridine rings is 1. The molecule has 0 unspecified atom stereocenters. The zero-order chi connectivity index (χ0) is 19.2.